The molecule has 0 atom stereocenters. The highest BCUT2D eigenvalue weighted by Crippen LogP contribution is 2.33. The molecule has 2 rings (SSSR count). The fourth-order valence-electron chi connectivity index (χ4n) is 2.00. The normalized spacial score (nSPS) is 10.3. The summed E-state index contributed by atoms with van der Waals surface area (Å²) in [5.41, 5.74) is 1.23. The van der Waals surface area contributed by atoms with Crippen molar-refractivity contribution in [2.45, 2.75) is 6.42 Å². The molecule has 2 aromatic rings. The molecule has 0 radical (unpaired) electrons. The molecule has 110 valence electrons. The minimum atomic E-state index is -0.108. The van der Waals surface area contributed by atoms with Gasteiger partial charge in [0.1, 0.15) is 0 Å². The third-order valence-corrected chi connectivity index (χ3v) is 3.58. The molecule has 0 aliphatic carbocycles. The van der Waals surface area contributed by atoms with Crippen LogP contribution in [0.25, 0.3) is 0 Å². The molecule has 3 nitrogen and oxygen atoms in total. The third-order valence-electron chi connectivity index (χ3n) is 3.03. The van der Waals surface area contributed by atoms with Crippen molar-refractivity contribution in [1.29, 1.82) is 0 Å². The maximum absolute atomic E-state index is 12.4. The number of methoxy groups -OCH3 is 2. The number of carbonyl (C=O) groups excluding carboxylic acids is 1. The summed E-state index contributed by atoms with van der Waals surface area (Å²) in [5, 5.41) is 0.929. The second-order valence-corrected chi connectivity index (χ2v) is 5.26. The van der Waals surface area contributed by atoms with E-state index in [4.69, 9.17) is 32.7 Å². The minimum Gasteiger partial charge on any atom is -0.493 e. The minimum absolute atomic E-state index is 0.108. The molecular weight excluding hydrogens is 311 g/mol. The molecule has 21 heavy (non-hydrogen) atoms. The number of ether oxygens (including phenoxy) is 2. The van der Waals surface area contributed by atoms with E-state index in [-0.39, 0.29) is 12.2 Å². The predicted molar refractivity (Wildman–Crippen MR) is 84.0 cm³/mol. The van der Waals surface area contributed by atoms with E-state index in [1.54, 1.807) is 30.3 Å². The van der Waals surface area contributed by atoms with E-state index in [0.29, 0.717) is 27.1 Å². The smallest absolute Gasteiger partial charge is 0.168 e. The van der Waals surface area contributed by atoms with Crippen molar-refractivity contribution >= 4 is 29.0 Å². The molecule has 0 heterocycles. The Labute approximate surface area is 133 Å². The van der Waals surface area contributed by atoms with Crippen molar-refractivity contribution in [1.82, 2.24) is 0 Å². The van der Waals surface area contributed by atoms with Crippen LogP contribution in [0.1, 0.15) is 15.9 Å². The van der Waals surface area contributed by atoms with Crippen molar-refractivity contribution in [2.75, 3.05) is 14.2 Å². The predicted octanol–water partition coefficient (Wildman–Crippen LogP) is 4.44. The van der Waals surface area contributed by atoms with Crippen molar-refractivity contribution < 1.29 is 14.3 Å². The van der Waals surface area contributed by atoms with Crippen LogP contribution < -0.4 is 9.47 Å². The van der Waals surface area contributed by atoms with Gasteiger partial charge in [-0.15, -0.1) is 0 Å². The summed E-state index contributed by atoms with van der Waals surface area (Å²) in [6.45, 7) is 0. The third kappa shape index (κ3) is 3.69. The number of Topliss-reactive ketones (excluding diaryl/α,β-unsaturated/α-hetero) is 1. The molecule has 0 saturated heterocycles. The van der Waals surface area contributed by atoms with E-state index in [2.05, 4.69) is 0 Å². The molecule has 0 bridgehead atoms. The van der Waals surface area contributed by atoms with Gasteiger partial charge in [0.05, 0.1) is 19.2 Å². The van der Waals surface area contributed by atoms with Gasteiger partial charge in [0.25, 0.3) is 0 Å². The second-order valence-electron chi connectivity index (χ2n) is 4.42. The van der Waals surface area contributed by atoms with E-state index >= 15 is 0 Å². The summed E-state index contributed by atoms with van der Waals surface area (Å²) in [6, 6.07) is 10.3. The zero-order valence-corrected chi connectivity index (χ0v) is 13.2. The largest absolute Gasteiger partial charge is 0.493 e. The first kappa shape index (κ1) is 15.7. The molecule has 0 N–H and O–H groups in total. The molecule has 0 aliphatic heterocycles. The van der Waals surface area contributed by atoms with Gasteiger partial charge in [0, 0.05) is 23.1 Å². The maximum atomic E-state index is 12.4. The molecule has 0 fully saturated rings. The second kappa shape index (κ2) is 6.83. The summed E-state index contributed by atoms with van der Waals surface area (Å²) in [6.07, 6.45) is 0.218. The van der Waals surface area contributed by atoms with E-state index in [1.807, 2.05) is 6.07 Å². The Morgan fingerprint density at radius 1 is 1.05 bits per heavy atom. The Hall–Kier alpha value is -1.71. The van der Waals surface area contributed by atoms with Crippen LogP contribution in [0.3, 0.4) is 0 Å². The lowest BCUT2D eigenvalue weighted by molar-refractivity contribution is 0.0992. The number of halogens is 2. The topological polar surface area (TPSA) is 35.5 Å². The first-order valence-corrected chi connectivity index (χ1v) is 7.00. The zero-order valence-electron chi connectivity index (χ0n) is 11.7. The van der Waals surface area contributed by atoms with Crippen LogP contribution in [0, 0.1) is 0 Å². The first-order valence-electron chi connectivity index (χ1n) is 6.24. The van der Waals surface area contributed by atoms with Crippen molar-refractivity contribution in [2.24, 2.45) is 0 Å². The molecule has 0 unspecified atom stereocenters. The highest BCUT2D eigenvalue weighted by atomic mass is 35.5. The summed E-state index contributed by atoms with van der Waals surface area (Å²) >= 11 is 12.1. The van der Waals surface area contributed by atoms with Gasteiger partial charge in [-0.05, 0) is 23.8 Å². The Balaban J connectivity index is 2.31. The molecule has 0 aromatic heterocycles. The number of benzene rings is 2. The number of ketones is 1. The Morgan fingerprint density at radius 3 is 2.33 bits per heavy atom. The van der Waals surface area contributed by atoms with Gasteiger partial charge in [0.2, 0.25) is 0 Å². The molecular formula is C16H14Cl2O3. The number of hydrogen-bond acceptors (Lipinski definition) is 3. The Morgan fingerprint density at radius 2 is 1.71 bits per heavy atom. The van der Waals surface area contributed by atoms with E-state index in [9.17, 15) is 4.79 Å². The average molecular weight is 325 g/mol. The molecule has 0 spiro atoms. The van der Waals surface area contributed by atoms with Crippen LogP contribution >= 0.6 is 23.2 Å². The van der Waals surface area contributed by atoms with Crippen LogP contribution in [0.15, 0.2) is 36.4 Å². The van der Waals surface area contributed by atoms with Gasteiger partial charge in [-0.1, -0.05) is 35.3 Å². The molecule has 0 amide bonds. The quantitative estimate of drug-likeness (QED) is 0.763. The van der Waals surface area contributed by atoms with Gasteiger partial charge in [-0.3, -0.25) is 4.79 Å². The highest BCUT2D eigenvalue weighted by Gasteiger charge is 2.16. The van der Waals surface area contributed by atoms with Crippen molar-refractivity contribution in [3.63, 3.8) is 0 Å². The maximum Gasteiger partial charge on any atom is 0.168 e. The van der Waals surface area contributed by atoms with Crippen molar-refractivity contribution in [3.8, 4) is 11.5 Å². The fourth-order valence-corrected chi connectivity index (χ4v) is 2.47. The van der Waals surface area contributed by atoms with E-state index in [0.717, 1.165) is 5.56 Å². The van der Waals surface area contributed by atoms with Crippen LogP contribution in [0.2, 0.25) is 10.0 Å². The Kier molecular flexibility index (Phi) is 5.10. The summed E-state index contributed by atoms with van der Waals surface area (Å²) in [7, 11) is 3.03. The lowest BCUT2D eigenvalue weighted by Gasteiger charge is -2.11. The summed E-state index contributed by atoms with van der Waals surface area (Å²) in [4.78, 5) is 12.4. The highest BCUT2D eigenvalue weighted by molar-refractivity contribution is 6.34. The van der Waals surface area contributed by atoms with Crippen LogP contribution in [-0.2, 0) is 6.42 Å². The fraction of sp³-hybridized carbons (Fsp3) is 0.188. The van der Waals surface area contributed by atoms with Crippen LogP contribution in [0.4, 0.5) is 0 Å². The number of carbonyl (C=O) groups is 1. The van der Waals surface area contributed by atoms with Gasteiger partial charge in [-0.25, -0.2) is 0 Å². The molecule has 0 aliphatic rings. The summed E-state index contributed by atoms with van der Waals surface area (Å²) < 4.78 is 10.3. The van der Waals surface area contributed by atoms with Crippen molar-refractivity contribution in [3.05, 3.63) is 57.6 Å². The summed E-state index contributed by atoms with van der Waals surface area (Å²) in [5.74, 6) is 0.848. The van der Waals surface area contributed by atoms with Crippen LogP contribution in [0.5, 0.6) is 11.5 Å². The first-order chi connectivity index (χ1) is 10.0. The Bertz CT molecular complexity index is 669. The lowest BCUT2D eigenvalue weighted by Crippen LogP contribution is -2.05. The molecule has 2 aromatic carbocycles. The number of hydrogen-bond donors (Lipinski definition) is 0. The van der Waals surface area contributed by atoms with Gasteiger partial charge < -0.3 is 9.47 Å². The monoisotopic (exact) mass is 324 g/mol. The van der Waals surface area contributed by atoms with Gasteiger partial charge >= 0.3 is 0 Å². The molecule has 0 saturated carbocycles. The van der Waals surface area contributed by atoms with Gasteiger partial charge in [-0.2, -0.15) is 0 Å². The standard InChI is InChI=1S/C16H14Cl2O3/c1-20-15-8-12(13(18)9-16(15)21-2)14(19)7-10-4-3-5-11(17)6-10/h3-6,8-9H,7H2,1-2H3. The van der Waals surface area contributed by atoms with E-state index in [1.165, 1.54) is 14.2 Å². The average Bonchev–Trinajstić information content (AvgIpc) is 2.46. The molecule has 5 heteroatoms. The lowest BCUT2D eigenvalue weighted by atomic mass is 10.0. The van der Waals surface area contributed by atoms with Gasteiger partial charge in [0.15, 0.2) is 17.3 Å². The zero-order chi connectivity index (χ0) is 15.4. The number of rotatable bonds is 5. The van der Waals surface area contributed by atoms with E-state index < -0.39 is 0 Å². The van der Waals surface area contributed by atoms with Crippen LogP contribution in [-0.4, -0.2) is 20.0 Å². The SMILES string of the molecule is COc1cc(Cl)c(C(=O)Cc2cccc(Cl)c2)cc1OC.